The van der Waals surface area contributed by atoms with Crippen LogP contribution in [0.2, 0.25) is 0 Å². The van der Waals surface area contributed by atoms with Crippen molar-refractivity contribution in [3.8, 4) is 0 Å². The second kappa shape index (κ2) is 8.16. The van der Waals surface area contributed by atoms with Crippen molar-refractivity contribution < 1.29 is 0 Å². The molecule has 0 spiro atoms. The number of aliphatic imine (C=N–C) groups is 1. The van der Waals surface area contributed by atoms with Crippen molar-refractivity contribution in [1.29, 1.82) is 0 Å². The van der Waals surface area contributed by atoms with E-state index < -0.39 is 0 Å². The lowest BCUT2D eigenvalue weighted by molar-refractivity contribution is -0.0764. The van der Waals surface area contributed by atoms with Crippen molar-refractivity contribution in [2.24, 2.45) is 51.3 Å². The highest BCUT2D eigenvalue weighted by Gasteiger charge is 2.56. The second-order valence-electron chi connectivity index (χ2n) is 12.6. The largest absolute Gasteiger partial charge is 0.293 e. The lowest BCUT2D eigenvalue weighted by atomic mass is 9.48. The molecule has 0 aliphatic heterocycles. The third-order valence-corrected chi connectivity index (χ3v) is 10.4. The quantitative estimate of drug-likeness (QED) is 0.425. The van der Waals surface area contributed by atoms with E-state index in [0.29, 0.717) is 10.8 Å². The lowest BCUT2D eigenvalue weighted by Gasteiger charge is -2.57. The summed E-state index contributed by atoms with van der Waals surface area (Å²) in [6, 6.07) is 0. The van der Waals surface area contributed by atoms with E-state index in [2.05, 4.69) is 45.7 Å². The van der Waals surface area contributed by atoms with E-state index in [9.17, 15) is 0 Å². The highest BCUT2D eigenvalue weighted by atomic mass is 14.7. The van der Waals surface area contributed by atoms with Crippen molar-refractivity contribution in [3.05, 3.63) is 11.6 Å². The molecule has 0 amide bonds. The topological polar surface area (TPSA) is 12.4 Å². The van der Waals surface area contributed by atoms with Crippen LogP contribution in [0.1, 0.15) is 105 Å². The first-order valence-electron chi connectivity index (χ1n) is 12.8. The molecule has 1 heteroatoms. The Morgan fingerprint density at radius 1 is 0.897 bits per heavy atom. The number of hydrogen-bond acceptors (Lipinski definition) is 1. The van der Waals surface area contributed by atoms with Crippen molar-refractivity contribution in [2.75, 3.05) is 7.05 Å². The van der Waals surface area contributed by atoms with E-state index in [4.69, 9.17) is 0 Å². The molecule has 0 aromatic heterocycles. The third kappa shape index (κ3) is 4.14. The van der Waals surface area contributed by atoms with E-state index >= 15 is 0 Å². The summed E-state index contributed by atoms with van der Waals surface area (Å²) >= 11 is 0. The van der Waals surface area contributed by atoms with Gasteiger partial charge in [-0.1, -0.05) is 26.3 Å². The van der Waals surface area contributed by atoms with Gasteiger partial charge in [-0.25, -0.2) is 0 Å². The first-order valence-corrected chi connectivity index (χ1v) is 12.8. The van der Waals surface area contributed by atoms with Crippen molar-refractivity contribution in [3.63, 3.8) is 0 Å². The van der Waals surface area contributed by atoms with Crippen LogP contribution in [0.3, 0.4) is 0 Å². The Balaban J connectivity index is 1.42. The Labute approximate surface area is 181 Å². The Bertz CT molecular complexity index is 655. The van der Waals surface area contributed by atoms with Crippen LogP contribution in [0.15, 0.2) is 16.6 Å². The molecule has 0 saturated heterocycles. The minimum absolute atomic E-state index is 0.613. The molecule has 7 unspecified atom stereocenters. The average molecular weight is 398 g/mol. The Kier molecular flexibility index (Phi) is 6.09. The van der Waals surface area contributed by atoms with Crippen LogP contribution in [-0.2, 0) is 0 Å². The highest BCUT2D eigenvalue weighted by Crippen LogP contribution is 2.65. The SMILES string of the molecule is CN=C(C)/C=C(\C)CCC1CCC2C3CCC4CC(C)(C)CCC4C3CCC12C. The molecule has 0 aromatic carbocycles. The minimum Gasteiger partial charge on any atom is -0.293 e. The van der Waals surface area contributed by atoms with Crippen LogP contribution in [0, 0.1) is 46.3 Å². The number of rotatable bonds is 4. The van der Waals surface area contributed by atoms with Gasteiger partial charge in [0.05, 0.1) is 0 Å². The van der Waals surface area contributed by atoms with E-state index in [1.54, 1.807) is 19.3 Å². The zero-order valence-electron chi connectivity index (χ0n) is 20.3. The number of allylic oxidation sites excluding steroid dienone is 2. The molecule has 0 aromatic rings. The fourth-order valence-electron chi connectivity index (χ4n) is 8.78. The Morgan fingerprint density at radius 3 is 2.41 bits per heavy atom. The molecule has 4 aliphatic rings. The summed E-state index contributed by atoms with van der Waals surface area (Å²) in [4.78, 5) is 4.31. The van der Waals surface area contributed by atoms with Crippen LogP contribution < -0.4 is 0 Å². The number of hydrogen-bond donors (Lipinski definition) is 0. The van der Waals surface area contributed by atoms with Gasteiger partial charge in [0.15, 0.2) is 0 Å². The third-order valence-electron chi connectivity index (χ3n) is 10.4. The van der Waals surface area contributed by atoms with Gasteiger partial charge in [-0.2, -0.15) is 0 Å². The summed E-state index contributed by atoms with van der Waals surface area (Å²) < 4.78 is 0. The van der Waals surface area contributed by atoms with Crippen LogP contribution >= 0.6 is 0 Å². The maximum Gasteiger partial charge on any atom is 0.0313 e. The molecule has 0 bridgehead atoms. The van der Waals surface area contributed by atoms with Crippen LogP contribution in [0.25, 0.3) is 0 Å². The van der Waals surface area contributed by atoms with Gasteiger partial charge in [0.1, 0.15) is 0 Å². The standard InChI is InChI=1S/C28H47N/c1-19(17-20(2)29-6)7-9-22-10-12-26-25-11-8-21-18-27(3,4)15-13-23(21)24(25)14-16-28(22,26)5/h17,21-26H,7-16,18H2,1-6H3/b19-17+,29-20?. The summed E-state index contributed by atoms with van der Waals surface area (Å²) in [5.41, 5.74) is 3.95. The van der Waals surface area contributed by atoms with Gasteiger partial charge < -0.3 is 0 Å². The first-order chi connectivity index (χ1) is 13.7. The Hall–Kier alpha value is -0.590. The molecule has 4 saturated carbocycles. The molecule has 4 rings (SSSR count). The molecule has 164 valence electrons. The fraction of sp³-hybridized carbons (Fsp3) is 0.893. The van der Waals surface area contributed by atoms with Gasteiger partial charge in [-0.05, 0) is 137 Å². The summed E-state index contributed by atoms with van der Waals surface area (Å²) in [5.74, 6) is 6.26. The summed E-state index contributed by atoms with van der Waals surface area (Å²) in [6.07, 6.45) is 18.7. The van der Waals surface area contributed by atoms with Gasteiger partial charge in [0, 0.05) is 12.8 Å². The molecule has 29 heavy (non-hydrogen) atoms. The number of fused-ring (bicyclic) bond motifs is 5. The lowest BCUT2D eigenvalue weighted by Crippen LogP contribution is -2.49. The molecular formula is C28H47N. The molecule has 7 atom stereocenters. The summed E-state index contributed by atoms with van der Waals surface area (Å²) in [6.45, 7) is 12.2. The van der Waals surface area contributed by atoms with E-state index in [0.717, 1.165) is 35.5 Å². The van der Waals surface area contributed by atoms with Gasteiger partial charge in [-0.3, -0.25) is 4.99 Å². The normalized spacial score (nSPS) is 44.8. The molecule has 4 fully saturated rings. The average Bonchev–Trinajstić information content (AvgIpc) is 3.01. The molecule has 0 heterocycles. The molecular weight excluding hydrogens is 350 g/mol. The molecule has 4 aliphatic carbocycles. The zero-order chi connectivity index (χ0) is 20.8. The molecule has 0 radical (unpaired) electrons. The van der Waals surface area contributed by atoms with E-state index in [1.165, 1.54) is 62.7 Å². The van der Waals surface area contributed by atoms with E-state index in [-0.39, 0.29) is 0 Å². The van der Waals surface area contributed by atoms with E-state index in [1.807, 2.05) is 7.05 Å². The van der Waals surface area contributed by atoms with Gasteiger partial charge in [0.2, 0.25) is 0 Å². The van der Waals surface area contributed by atoms with Crippen LogP contribution in [0.5, 0.6) is 0 Å². The molecule has 0 N–H and O–H groups in total. The summed E-state index contributed by atoms with van der Waals surface area (Å²) in [7, 11) is 1.90. The predicted octanol–water partition coefficient (Wildman–Crippen LogP) is 8.10. The van der Waals surface area contributed by atoms with Crippen molar-refractivity contribution >= 4 is 5.71 Å². The minimum atomic E-state index is 0.613. The smallest absolute Gasteiger partial charge is 0.0313 e. The van der Waals surface area contributed by atoms with Crippen molar-refractivity contribution in [1.82, 2.24) is 0 Å². The Morgan fingerprint density at radius 2 is 1.66 bits per heavy atom. The predicted molar refractivity (Wildman–Crippen MR) is 126 cm³/mol. The van der Waals surface area contributed by atoms with Gasteiger partial charge in [-0.15, -0.1) is 0 Å². The van der Waals surface area contributed by atoms with Gasteiger partial charge >= 0.3 is 0 Å². The fourth-order valence-corrected chi connectivity index (χ4v) is 8.78. The second-order valence-corrected chi connectivity index (χ2v) is 12.6. The highest BCUT2D eigenvalue weighted by molar-refractivity contribution is 5.93. The summed E-state index contributed by atoms with van der Waals surface area (Å²) in [5, 5.41) is 0. The molecule has 1 nitrogen and oxygen atoms in total. The van der Waals surface area contributed by atoms with Crippen LogP contribution in [0.4, 0.5) is 0 Å². The zero-order valence-corrected chi connectivity index (χ0v) is 20.3. The number of nitrogens with zero attached hydrogens (tertiary/aromatic N) is 1. The van der Waals surface area contributed by atoms with Crippen molar-refractivity contribution in [2.45, 2.75) is 105 Å². The monoisotopic (exact) mass is 397 g/mol. The maximum atomic E-state index is 4.31. The first kappa shape index (κ1) is 21.6. The van der Waals surface area contributed by atoms with Crippen LogP contribution in [-0.4, -0.2) is 12.8 Å². The maximum absolute atomic E-state index is 4.31. The van der Waals surface area contributed by atoms with Gasteiger partial charge in [0.25, 0.3) is 0 Å².